The Labute approximate surface area is 186 Å². The second kappa shape index (κ2) is 10.9. The van der Waals surface area contributed by atoms with E-state index in [1.54, 1.807) is 0 Å². The summed E-state index contributed by atoms with van der Waals surface area (Å²) in [5.41, 5.74) is 0.825. The number of nitrogens with one attached hydrogen (secondary N) is 1. The van der Waals surface area contributed by atoms with Crippen LogP contribution in [0.3, 0.4) is 0 Å². The summed E-state index contributed by atoms with van der Waals surface area (Å²) in [6.07, 6.45) is 7.65. The van der Waals surface area contributed by atoms with Gasteiger partial charge in [-0.05, 0) is 49.1 Å². The molecule has 2 fully saturated rings. The van der Waals surface area contributed by atoms with Gasteiger partial charge in [-0.1, -0.05) is 19.3 Å². The van der Waals surface area contributed by atoms with E-state index in [0.717, 1.165) is 25.6 Å². The molecule has 1 aliphatic carbocycles. The van der Waals surface area contributed by atoms with E-state index in [0.29, 0.717) is 17.2 Å². The Morgan fingerprint density at radius 1 is 1.03 bits per heavy atom. The molecule has 0 spiro atoms. The SMILES string of the molecule is CN1CCCN(C2CCCCC2)C1=O.O=C(O)Nc1ccc(-c2cc(F)cc(F)c2)cn1. The Bertz CT molecular complexity index is 913. The number of carboxylic acid groups (broad SMARTS) is 1. The first-order valence-corrected chi connectivity index (χ1v) is 10.8. The number of halogens is 2. The Morgan fingerprint density at radius 3 is 2.31 bits per heavy atom. The molecule has 1 aromatic carbocycles. The second-order valence-corrected chi connectivity index (χ2v) is 8.06. The van der Waals surface area contributed by atoms with Crippen LogP contribution >= 0.6 is 0 Å². The molecule has 0 radical (unpaired) electrons. The number of aromatic nitrogens is 1. The molecule has 0 atom stereocenters. The highest BCUT2D eigenvalue weighted by Crippen LogP contribution is 2.25. The predicted molar refractivity (Wildman–Crippen MR) is 117 cm³/mol. The number of pyridine rings is 1. The minimum absolute atomic E-state index is 0.142. The third kappa shape index (κ3) is 6.38. The first-order valence-electron chi connectivity index (χ1n) is 10.8. The van der Waals surface area contributed by atoms with Crippen LogP contribution in [-0.4, -0.2) is 58.2 Å². The van der Waals surface area contributed by atoms with Crippen LogP contribution in [0.25, 0.3) is 11.1 Å². The summed E-state index contributed by atoms with van der Waals surface area (Å²) in [5.74, 6) is -1.22. The minimum Gasteiger partial charge on any atom is -0.465 e. The van der Waals surface area contributed by atoms with Gasteiger partial charge in [0.1, 0.15) is 17.5 Å². The monoisotopic (exact) mass is 446 g/mol. The van der Waals surface area contributed by atoms with Gasteiger partial charge in [-0.25, -0.2) is 23.4 Å². The van der Waals surface area contributed by atoms with Gasteiger partial charge in [0.25, 0.3) is 0 Å². The number of benzene rings is 1. The lowest BCUT2D eigenvalue weighted by Crippen LogP contribution is -2.52. The highest BCUT2D eigenvalue weighted by atomic mass is 19.1. The van der Waals surface area contributed by atoms with E-state index in [9.17, 15) is 18.4 Å². The van der Waals surface area contributed by atoms with Crippen molar-refractivity contribution in [3.63, 3.8) is 0 Å². The van der Waals surface area contributed by atoms with Crippen molar-refractivity contribution < 1.29 is 23.5 Å². The fraction of sp³-hybridized carbons (Fsp3) is 0.435. The van der Waals surface area contributed by atoms with Gasteiger partial charge in [-0.15, -0.1) is 0 Å². The molecule has 2 N–H and O–H groups in total. The number of urea groups is 1. The Balaban J connectivity index is 0.000000186. The number of hydrogen-bond acceptors (Lipinski definition) is 3. The quantitative estimate of drug-likeness (QED) is 0.679. The van der Waals surface area contributed by atoms with Gasteiger partial charge in [0.05, 0.1) is 0 Å². The number of carbonyl (C=O) groups is 2. The summed E-state index contributed by atoms with van der Waals surface area (Å²) in [4.78, 5) is 30.0. The predicted octanol–water partition coefficient (Wildman–Crippen LogP) is 5.19. The van der Waals surface area contributed by atoms with E-state index in [2.05, 4.69) is 15.2 Å². The van der Waals surface area contributed by atoms with E-state index >= 15 is 0 Å². The van der Waals surface area contributed by atoms with Crippen LogP contribution in [0.1, 0.15) is 38.5 Å². The zero-order valence-corrected chi connectivity index (χ0v) is 18.1. The maximum atomic E-state index is 13.0. The second-order valence-electron chi connectivity index (χ2n) is 8.06. The van der Waals surface area contributed by atoms with Crippen LogP contribution in [0.4, 0.5) is 24.2 Å². The summed E-state index contributed by atoms with van der Waals surface area (Å²) in [6.45, 7) is 1.91. The first kappa shape index (κ1) is 23.4. The summed E-state index contributed by atoms with van der Waals surface area (Å²) in [5, 5.41) is 10.5. The fourth-order valence-corrected chi connectivity index (χ4v) is 4.09. The number of rotatable bonds is 3. The Morgan fingerprint density at radius 2 is 1.72 bits per heavy atom. The molecule has 32 heavy (non-hydrogen) atoms. The molecular weight excluding hydrogens is 418 g/mol. The number of amides is 3. The average molecular weight is 446 g/mol. The molecule has 7 nitrogen and oxygen atoms in total. The molecule has 4 rings (SSSR count). The van der Waals surface area contributed by atoms with Crippen LogP contribution in [0, 0.1) is 11.6 Å². The maximum absolute atomic E-state index is 13.0. The minimum atomic E-state index is -1.23. The molecule has 2 aliphatic rings. The topological polar surface area (TPSA) is 85.8 Å². The van der Waals surface area contributed by atoms with Crippen molar-refractivity contribution >= 4 is 17.9 Å². The maximum Gasteiger partial charge on any atom is 0.410 e. The fourth-order valence-electron chi connectivity index (χ4n) is 4.09. The lowest BCUT2D eigenvalue weighted by Gasteiger charge is -2.40. The Hall–Kier alpha value is -3.23. The van der Waals surface area contributed by atoms with Gasteiger partial charge in [-0.2, -0.15) is 0 Å². The lowest BCUT2D eigenvalue weighted by atomic mass is 9.94. The molecule has 1 aromatic heterocycles. The molecule has 172 valence electrons. The van der Waals surface area contributed by atoms with Gasteiger partial charge in [0.2, 0.25) is 0 Å². The van der Waals surface area contributed by atoms with Crippen LogP contribution in [-0.2, 0) is 0 Å². The van der Waals surface area contributed by atoms with Crippen LogP contribution in [0.15, 0.2) is 36.5 Å². The van der Waals surface area contributed by atoms with Crippen LogP contribution < -0.4 is 5.32 Å². The van der Waals surface area contributed by atoms with Gasteiger partial charge >= 0.3 is 12.1 Å². The molecule has 9 heteroatoms. The standard InChI is InChI=1S/C12H8F2N2O2.C11H20N2O/c13-9-3-8(4-10(14)5-9)7-1-2-11(15-6-7)16-12(17)18;1-12-8-5-9-13(11(12)14)10-6-3-2-4-7-10/h1-6H,(H,15,16)(H,17,18);10H,2-9H2,1H3. The van der Waals surface area contributed by atoms with Crippen molar-refractivity contribution in [1.82, 2.24) is 14.8 Å². The largest absolute Gasteiger partial charge is 0.465 e. The van der Waals surface area contributed by atoms with E-state index in [-0.39, 0.29) is 11.8 Å². The van der Waals surface area contributed by atoms with Crippen LogP contribution in [0.5, 0.6) is 0 Å². The number of anilines is 1. The zero-order valence-electron chi connectivity index (χ0n) is 18.1. The lowest BCUT2D eigenvalue weighted by molar-refractivity contribution is 0.105. The average Bonchev–Trinajstić information content (AvgIpc) is 2.76. The van der Waals surface area contributed by atoms with Crippen molar-refractivity contribution in [2.75, 3.05) is 25.5 Å². The third-order valence-electron chi connectivity index (χ3n) is 5.67. The van der Waals surface area contributed by atoms with Gasteiger partial charge in [-0.3, -0.25) is 5.32 Å². The molecule has 3 amide bonds. The van der Waals surface area contributed by atoms with Gasteiger partial charge in [0.15, 0.2) is 0 Å². The summed E-state index contributed by atoms with van der Waals surface area (Å²) < 4.78 is 26.0. The van der Waals surface area contributed by atoms with E-state index in [1.165, 1.54) is 62.6 Å². The van der Waals surface area contributed by atoms with E-state index in [1.807, 2.05) is 11.9 Å². The van der Waals surface area contributed by atoms with Crippen molar-refractivity contribution in [3.05, 3.63) is 48.2 Å². The molecule has 2 aromatic rings. The van der Waals surface area contributed by atoms with E-state index in [4.69, 9.17) is 5.11 Å². The number of hydrogen-bond donors (Lipinski definition) is 2. The molecule has 0 bridgehead atoms. The van der Waals surface area contributed by atoms with Gasteiger partial charge in [0, 0.05) is 44.0 Å². The highest BCUT2D eigenvalue weighted by molar-refractivity contribution is 5.81. The zero-order chi connectivity index (χ0) is 23.1. The molecule has 1 saturated carbocycles. The van der Waals surface area contributed by atoms with E-state index < -0.39 is 17.7 Å². The smallest absolute Gasteiger partial charge is 0.410 e. The molecular formula is C23H28F2N4O3. The first-order chi connectivity index (χ1) is 15.3. The highest BCUT2D eigenvalue weighted by Gasteiger charge is 2.29. The summed E-state index contributed by atoms with van der Waals surface area (Å²) in [6, 6.07) is 6.84. The Kier molecular flexibility index (Phi) is 7.97. The van der Waals surface area contributed by atoms with Crippen molar-refractivity contribution in [3.8, 4) is 11.1 Å². The molecule has 0 unspecified atom stereocenters. The normalized spacial score (nSPS) is 16.9. The third-order valence-corrected chi connectivity index (χ3v) is 5.67. The molecule has 2 heterocycles. The molecule has 1 aliphatic heterocycles. The van der Waals surface area contributed by atoms with Gasteiger partial charge < -0.3 is 14.9 Å². The summed E-state index contributed by atoms with van der Waals surface area (Å²) >= 11 is 0. The van der Waals surface area contributed by atoms with Crippen LogP contribution in [0.2, 0.25) is 0 Å². The van der Waals surface area contributed by atoms with Crippen molar-refractivity contribution in [2.24, 2.45) is 0 Å². The summed E-state index contributed by atoms with van der Waals surface area (Å²) in [7, 11) is 1.91. The number of carbonyl (C=O) groups excluding carboxylic acids is 1. The molecule has 1 saturated heterocycles. The van der Waals surface area contributed by atoms with Crippen molar-refractivity contribution in [1.29, 1.82) is 0 Å². The number of nitrogens with zero attached hydrogens (tertiary/aromatic N) is 3. The van der Waals surface area contributed by atoms with Crippen molar-refractivity contribution in [2.45, 2.75) is 44.6 Å².